The molecule has 5 nitrogen and oxygen atoms in total. The van der Waals surface area contributed by atoms with Gasteiger partial charge in [-0.3, -0.25) is 9.59 Å². The third kappa shape index (κ3) is 3.11. The Morgan fingerprint density at radius 1 is 1.19 bits per heavy atom. The fourth-order valence-corrected chi connectivity index (χ4v) is 3.79. The predicted octanol–water partition coefficient (Wildman–Crippen LogP) is 0.950. The number of carbonyl (C=O) groups excluding carboxylic acids is 2. The molecule has 0 bridgehead atoms. The van der Waals surface area contributed by atoms with Crippen LogP contribution in [-0.2, 0) is 4.79 Å². The molecule has 3 rings (SSSR count). The number of nitrogens with zero attached hydrogens (tertiary/aromatic N) is 2. The Morgan fingerprint density at radius 3 is 2.48 bits per heavy atom. The van der Waals surface area contributed by atoms with Crippen molar-refractivity contribution >= 4 is 23.2 Å². The highest BCUT2D eigenvalue weighted by molar-refractivity contribution is 7.13. The number of piperazine rings is 1. The van der Waals surface area contributed by atoms with Gasteiger partial charge in [-0.05, 0) is 32.0 Å². The fraction of sp³-hybridized carbons (Fsp3) is 0.600. The number of hydrogen-bond acceptors (Lipinski definition) is 4. The minimum Gasteiger partial charge on any atom is -0.339 e. The van der Waals surface area contributed by atoms with Crippen molar-refractivity contribution in [2.75, 3.05) is 39.3 Å². The molecule has 2 saturated heterocycles. The molecule has 0 aliphatic carbocycles. The van der Waals surface area contributed by atoms with E-state index in [1.54, 1.807) is 0 Å². The van der Waals surface area contributed by atoms with Gasteiger partial charge in [0.1, 0.15) is 0 Å². The zero-order valence-corrected chi connectivity index (χ0v) is 13.1. The van der Waals surface area contributed by atoms with Gasteiger partial charge in [-0.2, -0.15) is 0 Å². The third-order valence-electron chi connectivity index (χ3n) is 4.24. The topological polar surface area (TPSA) is 52.7 Å². The van der Waals surface area contributed by atoms with E-state index < -0.39 is 0 Å². The van der Waals surface area contributed by atoms with Crippen molar-refractivity contribution in [1.82, 2.24) is 15.1 Å². The first-order chi connectivity index (χ1) is 10.1. The van der Waals surface area contributed by atoms with Crippen molar-refractivity contribution in [3.8, 4) is 0 Å². The van der Waals surface area contributed by atoms with E-state index in [4.69, 9.17) is 0 Å². The molecule has 3 heterocycles. The van der Waals surface area contributed by atoms with Crippen LogP contribution in [0.25, 0.3) is 0 Å². The van der Waals surface area contributed by atoms with Crippen molar-refractivity contribution in [3.05, 3.63) is 21.9 Å². The van der Waals surface area contributed by atoms with Crippen LogP contribution in [0, 0.1) is 12.8 Å². The summed E-state index contributed by atoms with van der Waals surface area (Å²) in [6, 6.07) is 3.87. The second-order valence-corrected chi connectivity index (χ2v) is 7.01. The lowest BCUT2D eigenvalue weighted by Gasteiger charge is -2.35. The highest BCUT2D eigenvalue weighted by Gasteiger charge is 2.30. The predicted molar refractivity (Wildman–Crippen MR) is 82.5 cm³/mol. The Kier molecular flexibility index (Phi) is 4.26. The smallest absolute Gasteiger partial charge is 0.264 e. The van der Waals surface area contributed by atoms with E-state index in [0.717, 1.165) is 29.3 Å². The molecular formula is C15H21N3O2S. The minimum atomic E-state index is 0.0998. The van der Waals surface area contributed by atoms with Crippen LogP contribution in [0.2, 0.25) is 0 Å². The molecule has 114 valence electrons. The Labute approximate surface area is 128 Å². The minimum absolute atomic E-state index is 0.0998. The molecule has 2 aliphatic heterocycles. The van der Waals surface area contributed by atoms with E-state index in [1.165, 1.54) is 11.3 Å². The molecule has 0 radical (unpaired) electrons. The third-order valence-corrected chi connectivity index (χ3v) is 5.23. The number of amides is 2. The van der Waals surface area contributed by atoms with Crippen LogP contribution in [0.1, 0.15) is 21.0 Å². The molecule has 1 aromatic rings. The summed E-state index contributed by atoms with van der Waals surface area (Å²) in [6.07, 6.45) is 0.937. The quantitative estimate of drug-likeness (QED) is 0.885. The van der Waals surface area contributed by atoms with E-state index in [9.17, 15) is 9.59 Å². The second kappa shape index (κ2) is 6.15. The monoisotopic (exact) mass is 307 g/mol. The number of thiophene rings is 1. The standard InChI is InChI=1S/C15H21N3O2S/c1-11-2-3-13(21-11)15(20)18-8-6-17(7-9-18)14(19)12-4-5-16-10-12/h2-3,12,16H,4-10H2,1H3. The summed E-state index contributed by atoms with van der Waals surface area (Å²) >= 11 is 1.54. The van der Waals surface area contributed by atoms with Gasteiger partial charge in [0.2, 0.25) is 5.91 Å². The van der Waals surface area contributed by atoms with Gasteiger partial charge in [0, 0.05) is 37.6 Å². The number of rotatable bonds is 2. The molecule has 1 N–H and O–H groups in total. The largest absolute Gasteiger partial charge is 0.339 e. The summed E-state index contributed by atoms with van der Waals surface area (Å²) in [6.45, 7) is 6.34. The Morgan fingerprint density at radius 2 is 1.90 bits per heavy atom. The van der Waals surface area contributed by atoms with Crippen LogP contribution in [-0.4, -0.2) is 60.9 Å². The van der Waals surface area contributed by atoms with E-state index in [2.05, 4.69) is 5.32 Å². The molecule has 2 aliphatic rings. The maximum atomic E-state index is 12.4. The first kappa shape index (κ1) is 14.5. The van der Waals surface area contributed by atoms with Gasteiger partial charge in [-0.1, -0.05) is 0 Å². The van der Waals surface area contributed by atoms with Crippen molar-refractivity contribution in [2.45, 2.75) is 13.3 Å². The van der Waals surface area contributed by atoms with Gasteiger partial charge < -0.3 is 15.1 Å². The van der Waals surface area contributed by atoms with Gasteiger partial charge in [-0.15, -0.1) is 11.3 Å². The highest BCUT2D eigenvalue weighted by atomic mass is 32.1. The maximum absolute atomic E-state index is 12.4. The summed E-state index contributed by atoms with van der Waals surface area (Å²) in [4.78, 5) is 30.4. The van der Waals surface area contributed by atoms with Gasteiger partial charge >= 0.3 is 0 Å². The first-order valence-electron chi connectivity index (χ1n) is 7.50. The Hall–Kier alpha value is -1.40. The zero-order chi connectivity index (χ0) is 14.8. The normalized spacial score (nSPS) is 22.6. The molecule has 0 saturated carbocycles. The average molecular weight is 307 g/mol. The maximum Gasteiger partial charge on any atom is 0.264 e. The molecule has 0 aromatic carbocycles. The highest BCUT2D eigenvalue weighted by Crippen LogP contribution is 2.19. The summed E-state index contributed by atoms with van der Waals surface area (Å²) < 4.78 is 0. The SMILES string of the molecule is Cc1ccc(C(=O)N2CCN(C(=O)C3CCNC3)CC2)s1. The van der Waals surface area contributed by atoms with Crippen molar-refractivity contribution in [1.29, 1.82) is 0 Å². The van der Waals surface area contributed by atoms with Crippen LogP contribution in [0.3, 0.4) is 0 Å². The van der Waals surface area contributed by atoms with Crippen LogP contribution >= 0.6 is 11.3 Å². The van der Waals surface area contributed by atoms with Crippen molar-refractivity contribution in [2.24, 2.45) is 5.92 Å². The van der Waals surface area contributed by atoms with Gasteiger partial charge in [0.15, 0.2) is 0 Å². The molecule has 21 heavy (non-hydrogen) atoms. The van der Waals surface area contributed by atoms with E-state index >= 15 is 0 Å². The molecule has 2 fully saturated rings. The van der Waals surface area contributed by atoms with E-state index in [0.29, 0.717) is 26.2 Å². The number of nitrogens with one attached hydrogen (secondary N) is 1. The summed E-state index contributed by atoms with van der Waals surface area (Å²) in [5, 5.41) is 3.23. The second-order valence-electron chi connectivity index (χ2n) is 5.72. The van der Waals surface area contributed by atoms with E-state index in [-0.39, 0.29) is 17.7 Å². The summed E-state index contributed by atoms with van der Waals surface area (Å²) in [5.41, 5.74) is 0. The Bertz CT molecular complexity index is 529. The fourth-order valence-electron chi connectivity index (χ4n) is 2.96. The number of hydrogen-bond donors (Lipinski definition) is 1. The molecule has 6 heteroatoms. The molecular weight excluding hydrogens is 286 g/mol. The van der Waals surface area contributed by atoms with Crippen LogP contribution in [0.15, 0.2) is 12.1 Å². The lowest BCUT2D eigenvalue weighted by molar-refractivity contribution is -0.136. The molecule has 1 atom stereocenters. The van der Waals surface area contributed by atoms with Crippen molar-refractivity contribution < 1.29 is 9.59 Å². The van der Waals surface area contributed by atoms with Crippen LogP contribution < -0.4 is 5.32 Å². The Balaban J connectivity index is 1.55. The molecule has 2 amide bonds. The summed E-state index contributed by atoms with van der Waals surface area (Å²) in [7, 11) is 0. The summed E-state index contributed by atoms with van der Waals surface area (Å²) in [5.74, 6) is 0.481. The van der Waals surface area contributed by atoms with Gasteiger partial charge in [0.25, 0.3) is 5.91 Å². The molecule has 0 spiro atoms. The van der Waals surface area contributed by atoms with Gasteiger partial charge in [-0.25, -0.2) is 0 Å². The number of carbonyl (C=O) groups is 2. The van der Waals surface area contributed by atoms with Crippen LogP contribution in [0.5, 0.6) is 0 Å². The average Bonchev–Trinajstić information content (AvgIpc) is 3.17. The van der Waals surface area contributed by atoms with Gasteiger partial charge in [0.05, 0.1) is 10.8 Å². The van der Waals surface area contributed by atoms with Crippen LogP contribution in [0.4, 0.5) is 0 Å². The van der Waals surface area contributed by atoms with Crippen molar-refractivity contribution in [3.63, 3.8) is 0 Å². The molecule has 1 unspecified atom stereocenters. The number of aryl methyl sites for hydroxylation is 1. The first-order valence-corrected chi connectivity index (χ1v) is 8.32. The lowest BCUT2D eigenvalue weighted by Crippen LogP contribution is -2.52. The lowest BCUT2D eigenvalue weighted by atomic mass is 10.1. The zero-order valence-electron chi connectivity index (χ0n) is 12.3. The molecule has 1 aromatic heterocycles. The van der Waals surface area contributed by atoms with E-state index in [1.807, 2.05) is 28.9 Å².